The number of nitrogens with zero attached hydrogens (tertiary/aromatic N) is 3. The van der Waals surface area contributed by atoms with Gasteiger partial charge in [-0.15, -0.1) is 0 Å². The highest BCUT2D eigenvalue weighted by Gasteiger charge is 2.23. The first-order valence-corrected chi connectivity index (χ1v) is 6.32. The third-order valence-corrected chi connectivity index (χ3v) is 2.97. The fourth-order valence-electron chi connectivity index (χ4n) is 2.10. The molecule has 0 saturated carbocycles. The molecule has 0 radical (unpaired) electrons. The summed E-state index contributed by atoms with van der Waals surface area (Å²) >= 11 is 0. The Labute approximate surface area is 107 Å². The first-order valence-electron chi connectivity index (χ1n) is 6.32. The molecule has 0 bridgehead atoms. The number of hydrogen-bond acceptors (Lipinski definition) is 4. The summed E-state index contributed by atoms with van der Waals surface area (Å²) < 4.78 is 7.34. The lowest BCUT2D eigenvalue weighted by atomic mass is 10.1. The summed E-state index contributed by atoms with van der Waals surface area (Å²) in [7, 11) is 0. The Bertz CT molecular complexity index is 501. The van der Waals surface area contributed by atoms with Crippen LogP contribution in [0.2, 0.25) is 0 Å². The number of aryl methyl sites for hydroxylation is 1. The first-order chi connectivity index (χ1) is 8.65. The van der Waals surface area contributed by atoms with Gasteiger partial charge in [-0.3, -0.25) is 0 Å². The normalized spacial score (nSPS) is 13.2. The van der Waals surface area contributed by atoms with Crippen LogP contribution in [0.1, 0.15) is 50.0 Å². The molecule has 1 unspecified atom stereocenters. The van der Waals surface area contributed by atoms with Gasteiger partial charge in [0, 0.05) is 11.6 Å². The predicted molar refractivity (Wildman–Crippen MR) is 69.4 cm³/mol. The zero-order valence-corrected chi connectivity index (χ0v) is 11.3. The van der Waals surface area contributed by atoms with Gasteiger partial charge in [0.2, 0.25) is 0 Å². The van der Waals surface area contributed by atoms with Crippen molar-refractivity contribution in [2.24, 2.45) is 0 Å². The van der Waals surface area contributed by atoms with E-state index in [-0.39, 0.29) is 12.1 Å². The molecule has 2 aromatic heterocycles. The SMILES string of the molecule is CCNC(c1ccoc1C)c1ncnn1C(C)C. The van der Waals surface area contributed by atoms with E-state index in [2.05, 4.69) is 36.2 Å². The highest BCUT2D eigenvalue weighted by Crippen LogP contribution is 2.25. The van der Waals surface area contributed by atoms with Crippen molar-refractivity contribution in [2.45, 2.75) is 39.8 Å². The van der Waals surface area contributed by atoms with Crippen LogP contribution in [0.25, 0.3) is 0 Å². The highest BCUT2D eigenvalue weighted by atomic mass is 16.3. The van der Waals surface area contributed by atoms with Gasteiger partial charge in [-0.25, -0.2) is 9.67 Å². The molecule has 5 heteroatoms. The average Bonchev–Trinajstić information content (AvgIpc) is 2.94. The second kappa shape index (κ2) is 5.35. The van der Waals surface area contributed by atoms with Crippen LogP contribution in [0.15, 0.2) is 23.1 Å². The van der Waals surface area contributed by atoms with Gasteiger partial charge in [0.05, 0.1) is 12.3 Å². The number of nitrogens with one attached hydrogen (secondary N) is 1. The highest BCUT2D eigenvalue weighted by molar-refractivity contribution is 5.26. The largest absolute Gasteiger partial charge is 0.469 e. The molecule has 5 nitrogen and oxygen atoms in total. The van der Waals surface area contributed by atoms with Crippen molar-refractivity contribution in [1.29, 1.82) is 0 Å². The van der Waals surface area contributed by atoms with Crippen LogP contribution in [0.4, 0.5) is 0 Å². The van der Waals surface area contributed by atoms with Crippen LogP contribution < -0.4 is 5.32 Å². The van der Waals surface area contributed by atoms with E-state index in [4.69, 9.17) is 4.42 Å². The quantitative estimate of drug-likeness (QED) is 0.883. The van der Waals surface area contributed by atoms with Crippen LogP contribution in [-0.4, -0.2) is 21.3 Å². The Morgan fingerprint density at radius 2 is 2.22 bits per heavy atom. The summed E-state index contributed by atoms with van der Waals surface area (Å²) in [6.07, 6.45) is 3.32. The van der Waals surface area contributed by atoms with Crippen LogP contribution in [0.5, 0.6) is 0 Å². The Morgan fingerprint density at radius 3 is 2.78 bits per heavy atom. The minimum Gasteiger partial charge on any atom is -0.469 e. The average molecular weight is 248 g/mol. The predicted octanol–water partition coefficient (Wildman–Crippen LogP) is 2.46. The zero-order valence-electron chi connectivity index (χ0n) is 11.3. The Hall–Kier alpha value is -1.62. The van der Waals surface area contributed by atoms with E-state index in [1.165, 1.54) is 0 Å². The minimum atomic E-state index is 0.0265. The molecule has 0 aromatic carbocycles. The van der Waals surface area contributed by atoms with Gasteiger partial charge in [-0.2, -0.15) is 5.10 Å². The molecule has 2 heterocycles. The van der Waals surface area contributed by atoms with E-state index < -0.39 is 0 Å². The fourth-order valence-corrected chi connectivity index (χ4v) is 2.10. The maximum atomic E-state index is 5.39. The summed E-state index contributed by atoms with van der Waals surface area (Å²) in [6.45, 7) is 9.11. The third kappa shape index (κ3) is 2.31. The van der Waals surface area contributed by atoms with Crippen molar-refractivity contribution in [2.75, 3.05) is 6.54 Å². The van der Waals surface area contributed by atoms with E-state index in [9.17, 15) is 0 Å². The lowest BCUT2D eigenvalue weighted by molar-refractivity contribution is 0.462. The van der Waals surface area contributed by atoms with Gasteiger partial charge in [0.1, 0.15) is 17.9 Å². The second-order valence-corrected chi connectivity index (χ2v) is 4.58. The monoisotopic (exact) mass is 248 g/mol. The van der Waals surface area contributed by atoms with E-state index >= 15 is 0 Å². The standard InChI is InChI=1S/C13H20N4O/c1-5-14-12(11-6-7-18-10(11)4)13-15-8-16-17(13)9(2)3/h6-9,12,14H,5H2,1-4H3. The Morgan fingerprint density at radius 1 is 1.44 bits per heavy atom. The molecule has 0 aliphatic heterocycles. The van der Waals surface area contributed by atoms with Crippen molar-refractivity contribution >= 4 is 0 Å². The lowest BCUT2D eigenvalue weighted by Crippen LogP contribution is -2.26. The third-order valence-electron chi connectivity index (χ3n) is 2.97. The van der Waals surface area contributed by atoms with E-state index in [0.717, 1.165) is 23.7 Å². The van der Waals surface area contributed by atoms with Crippen molar-refractivity contribution < 1.29 is 4.42 Å². The molecule has 1 atom stereocenters. The molecule has 1 N–H and O–H groups in total. The lowest BCUT2D eigenvalue weighted by Gasteiger charge is -2.19. The molecule has 0 aliphatic rings. The molecule has 2 aromatic rings. The van der Waals surface area contributed by atoms with Gasteiger partial charge in [-0.05, 0) is 33.4 Å². The molecular weight excluding hydrogens is 228 g/mol. The van der Waals surface area contributed by atoms with Crippen LogP contribution in [-0.2, 0) is 0 Å². The molecule has 0 aliphatic carbocycles. The Balaban J connectivity index is 2.42. The van der Waals surface area contributed by atoms with Crippen molar-refractivity contribution in [3.8, 4) is 0 Å². The van der Waals surface area contributed by atoms with Gasteiger partial charge < -0.3 is 9.73 Å². The Kier molecular flexibility index (Phi) is 3.81. The first kappa shape index (κ1) is 12.8. The molecular formula is C13H20N4O. The molecule has 0 saturated heterocycles. The number of aromatic nitrogens is 3. The molecule has 0 amide bonds. The van der Waals surface area contributed by atoms with Crippen LogP contribution >= 0.6 is 0 Å². The van der Waals surface area contributed by atoms with E-state index in [1.807, 2.05) is 17.7 Å². The summed E-state index contributed by atoms with van der Waals surface area (Å²) in [6, 6.07) is 2.30. The van der Waals surface area contributed by atoms with Gasteiger partial charge in [0.15, 0.2) is 0 Å². The maximum absolute atomic E-state index is 5.39. The van der Waals surface area contributed by atoms with Crippen molar-refractivity contribution in [1.82, 2.24) is 20.1 Å². The molecule has 98 valence electrons. The maximum Gasteiger partial charge on any atom is 0.148 e. The molecule has 18 heavy (non-hydrogen) atoms. The second-order valence-electron chi connectivity index (χ2n) is 4.58. The molecule has 2 rings (SSSR count). The number of rotatable bonds is 5. The summed E-state index contributed by atoms with van der Waals surface area (Å²) in [5.41, 5.74) is 1.12. The summed E-state index contributed by atoms with van der Waals surface area (Å²) in [4.78, 5) is 4.40. The van der Waals surface area contributed by atoms with Gasteiger partial charge in [-0.1, -0.05) is 6.92 Å². The van der Waals surface area contributed by atoms with Crippen molar-refractivity contribution in [3.63, 3.8) is 0 Å². The van der Waals surface area contributed by atoms with E-state index in [1.54, 1.807) is 12.6 Å². The zero-order chi connectivity index (χ0) is 13.1. The van der Waals surface area contributed by atoms with Crippen LogP contribution in [0, 0.1) is 6.92 Å². The van der Waals surface area contributed by atoms with Crippen LogP contribution in [0.3, 0.4) is 0 Å². The minimum absolute atomic E-state index is 0.0265. The van der Waals surface area contributed by atoms with Gasteiger partial charge >= 0.3 is 0 Å². The van der Waals surface area contributed by atoms with Gasteiger partial charge in [0.25, 0.3) is 0 Å². The number of furan rings is 1. The smallest absolute Gasteiger partial charge is 0.148 e. The molecule has 0 fully saturated rings. The topological polar surface area (TPSA) is 55.9 Å². The van der Waals surface area contributed by atoms with E-state index in [0.29, 0.717) is 0 Å². The molecule has 0 spiro atoms. The van der Waals surface area contributed by atoms with Crippen molar-refractivity contribution in [3.05, 3.63) is 35.8 Å². The fraction of sp³-hybridized carbons (Fsp3) is 0.538. The number of hydrogen-bond donors (Lipinski definition) is 1. The summed E-state index contributed by atoms with van der Waals surface area (Å²) in [5.74, 6) is 1.84. The summed E-state index contributed by atoms with van der Waals surface area (Å²) in [5, 5.41) is 7.73.